The van der Waals surface area contributed by atoms with Crippen molar-refractivity contribution in [1.29, 1.82) is 0 Å². The zero-order valence-corrected chi connectivity index (χ0v) is 17.8. The second-order valence-electron chi connectivity index (χ2n) is 7.32. The molecule has 5 aromatic rings. The Kier molecular flexibility index (Phi) is 5.50. The molecule has 0 aliphatic rings. The molecule has 1 N–H and O–H groups in total. The van der Waals surface area contributed by atoms with Gasteiger partial charge in [0.1, 0.15) is 5.75 Å². The van der Waals surface area contributed by atoms with Crippen LogP contribution in [0.15, 0.2) is 77.7 Å². The number of nitrogens with one attached hydrogen (secondary N) is 1. The third kappa shape index (κ3) is 4.57. The first-order valence-electron chi connectivity index (χ1n) is 10.3. The number of ether oxygens (including phenoxy) is 1. The second-order valence-corrected chi connectivity index (χ2v) is 7.32. The zero-order valence-electron chi connectivity index (χ0n) is 17.8. The summed E-state index contributed by atoms with van der Waals surface area (Å²) in [6.07, 6.45) is 6.10. The van der Waals surface area contributed by atoms with Gasteiger partial charge >= 0.3 is 0 Å². The minimum Gasteiger partial charge on any atom is -0.497 e. The first kappa shape index (κ1) is 20.4. The Bertz CT molecular complexity index is 1360. The number of hydrogen-bond donors (Lipinski definition) is 1. The summed E-state index contributed by atoms with van der Waals surface area (Å²) in [7, 11) is 1.61. The molecule has 0 saturated carbocycles. The van der Waals surface area contributed by atoms with Gasteiger partial charge in [-0.25, -0.2) is 9.97 Å². The summed E-state index contributed by atoms with van der Waals surface area (Å²) in [6.45, 7) is 0. The van der Waals surface area contributed by atoms with Crippen molar-refractivity contribution in [3.05, 3.63) is 79.1 Å². The number of rotatable bonds is 7. The predicted molar refractivity (Wildman–Crippen MR) is 122 cm³/mol. The summed E-state index contributed by atoms with van der Waals surface area (Å²) in [6, 6.07) is 16.7. The van der Waals surface area contributed by atoms with Crippen LogP contribution in [-0.4, -0.2) is 37.5 Å². The number of hydrogen-bond acceptors (Lipinski definition) is 7. The van der Waals surface area contributed by atoms with Crippen molar-refractivity contribution >= 4 is 17.4 Å². The number of aromatic nitrogens is 5. The molecule has 2 aromatic carbocycles. The number of methoxy groups -OCH3 is 1. The van der Waals surface area contributed by atoms with Gasteiger partial charge in [0.25, 0.3) is 0 Å². The molecule has 164 valence electrons. The van der Waals surface area contributed by atoms with Gasteiger partial charge in [-0.3, -0.25) is 9.20 Å². The van der Waals surface area contributed by atoms with Crippen molar-refractivity contribution in [3.8, 4) is 28.4 Å². The van der Waals surface area contributed by atoms with Crippen LogP contribution in [0.5, 0.6) is 5.75 Å². The van der Waals surface area contributed by atoms with Crippen LogP contribution in [0.1, 0.15) is 12.3 Å². The van der Waals surface area contributed by atoms with E-state index in [0.717, 1.165) is 22.6 Å². The molecule has 3 heterocycles. The molecule has 0 aliphatic heterocycles. The molecule has 0 radical (unpaired) electrons. The van der Waals surface area contributed by atoms with Crippen LogP contribution in [-0.2, 0) is 11.2 Å². The van der Waals surface area contributed by atoms with E-state index in [1.165, 1.54) is 0 Å². The molecule has 0 aliphatic carbocycles. The molecule has 0 spiro atoms. The molecule has 33 heavy (non-hydrogen) atoms. The van der Waals surface area contributed by atoms with Crippen LogP contribution in [0.3, 0.4) is 0 Å². The van der Waals surface area contributed by atoms with E-state index >= 15 is 0 Å². The molecule has 5 rings (SSSR count). The van der Waals surface area contributed by atoms with E-state index in [-0.39, 0.29) is 12.3 Å². The smallest absolute Gasteiger partial charge is 0.234 e. The van der Waals surface area contributed by atoms with Gasteiger partial charge in [-0.15, -0.1) is 0 Å². The van der Waals surface area contributed by atoms with Gasteiger partial charge in [0.2, 0.25) is 23.4 Å². The minimum absolute atomic E-state index is 0.135. The lowest BCUT2D eigenvalue weighted by Crippen LogP contribution is -2.12. The number of carbonyl (C=O) groups excluding carboxylic acids is 1. The molecule has 9 nitrogen and oxygen atoms in total. The first-order chi connectivity index (χ1) is 16.2. The molecular weight excluding hydrogens is 420 g/mol. The van der Waals surface area contributed by atoms with Crippen molar-refractivity contribution < 1.29 is 14.1 Å². The largest absolute Gasteiger partial charge is 0.497 e. The minimum atomic E-state index is -0.135. The molecular formula is C24H20N6O3. The highest BCUT2D eigenvalue weighted by Crippen LogP contribution is 2.22. The average molecular weight is 440 g/mol. The fourth-order valence-corrected chi connectivity index (χ4v) is 3.35. The van der Waals surface area contributed by atoms with E-state index in [1.807, 2.05) is 71.4 Å². The highest BCUT2D eigenvalue weighted by atomic mass is 16.5. The second kappa shape index (κ2) is 8.91. The third-order valence-electron chi connectivity index (χ3n) is 5.08. The Hall–Kier alpha value is -4.53. The Labute approximate surface area is 189 Å². The first-order valence-corrected chi connectivity index (χ1v) is 10.3. The summed E-state index contributed by atoms with van der Waals surface area (Å²) >= 11 is 0. The van der Waals surface area contributed by atoms with Gasteiger partial charge in [-0.05, 0) is 42.5 Å². The van der Waals surface area contributed by atoms with Gasteiger partial charge < -0.3 is 14.6 Å². The third-order valence-corrected chi connectivity index (χ3v) is 5.08. The van der Waals surface area contributed by atoms with Gasteiger partial charge in [0.15, 0.2) is 0 Å². The molecule has 0 fully saturated rings. The topological polar surface area (TPSA) is 107 Å². The Balaban J connectivity index is 1.17. The standard InChI is InChI=1S/C24H20N6O3/c1-32-19-9-5-17(6-10-19)23-28-22(33-29-23)12-11-21(31)26-18-7-3-16(4-8-18)20-15-30-14-2-13-25-24(30)27-20/h2-10,13-15H,11-12H2,1H3,(H,26,31). The summed E-state index contributed by atoms with van der Waals surface area (Å²) in [4.78, 5) is 25.5. The van der Waals surface area contributed by atoms with Crippen LogP contribution < -0.4 is 10.1 Å². The van der Waals surface area contributed by atoms with Gasteiger partial charge in [-0.1, -0.05) is 17.3 Å². The zero-order chi connectivity index (χ0) is 22.6. The Morgan fingerprint density at radius 3 is 2.61 bits per heavy atom. The lowest BCUT2D eigenvalue weighted by atomic mass is 10.1. The maximum atomic E-state index is 12.4. The van der Waals surface area contributed by atoms with E-state index in [1.54, 1.807) is 13.3 Å². The monoisotopic (exact) mass is 440 g/mol. The molecule has 3 aromatic heterocycles. The van der Waals surface area contributed by atoms with Crippen LogP contribution in [0.4, 0.5) is 5.69 Å². The molecule has 0 saturated heterocycles. The number of amides is 1. The summed E-state index contributed by atoms with van der Waals surface area (Å²) in [5.41, 5.74) is 3.28. The number of anilines is 1. The maximum absolute atomic E-state index is 12.4. The number of aryl methyl sites for hydroxylation is 1. The number of carbonyl (C=O) groups is 1. The average Bonchev–Trinajstić information content (AvgIpc) is 3.51. The van der Waals surface area contributed by atoms with E-state index in [9.17, 15) is 4.79 Å². The number of benzene rings is 2. The van der Waals surface area contributed by atoms with E-state index in [4.69, 9.17) is 9.26 Å². The summed E-state index contributed by atoms with van der Waals surface area (Å²) < 4.78 is 12.3. The fraction of sp³-hybridized carbons (Fsp3) is 0.125. The lowest BCUT2D eigenvalue weighted by molar-refractivity contribution is -0.116. The molecule has 0 atom stereocenters. The van der Waals surface area contributed by atoms with Crippen molar-refractivity contribution in [3.63, 3.8) is 0 Å². The van der Waals surface area contributed by atoms with E-state index < -0.39 is 0 Å². The fourth-order valence-electron chi connectivity index (χ4n) is 3.35. The Morgan fingerprint density at radius 1 is 1.06 bits per heavy atom. The normalized spacial score (nSPS) is 10.9. The quantitative estimate of drug-likeness (QED) is 0.407. The molecule has 0 unspecified atom stereocenters. The van der Waals surface area contributed by atoms with Crippen LogP contribution >= 0.6 is 0 Å². The van der Waals surface area contributed by atoms with Crippen LogP contribution in [0.2, 0.25) is 0 Å². The molecule has 9 heteroatoms. The summed E-state index contributed by atoms with van der Waals surface area (Å²) in [5, 5.41) is 6.88. The molecule has 0 bridgehead atoms. The number of imidazole rings is 1. The van der Waals surface area contributed by atoms with Crippen molar-refractivity contribution in [1.82, 2.24) is 24.5 Å². The maximum Gasteiger partial charge on any atom is 0.234 e. The number of fused-ring (bicyclic) bond motifs is 1. The predicted octanol–water partition coefficient (Wildman–Crippen LogP) is 4.03. The van der Waals surface area contributed by atoms with Crippen molar-refractivity contribution in [2.24, 2.45) is 0 Å². The highest BCUT2D eigenvalue weighted by molar-refractivity contribution is 5.91. The lowest BCUT2D eigenvalue weighted by Gasteiger charge is -2.05. The Morgan fingerprint density at radius 2 is 1.85 bits per heavy atom. The van der Waals surface area contributed by atoms with Crippen molar-refractivity contribution in [2.75, 3.05) is 12.4 Å². The van der Waals surface area contributed by atoms with Crippen molar-refractivity contribution in [2.45, 2.75) is 12.8 Å². The van der Waals surface area contributed by atoms with E-state index in [0.29, 0.717) is 29.6 Å². The SMILES string of the molecule is COc1ccc(-c2noc(CCC(=O)Nc3ccc(-c4cn5cccnc5n4)cc3)n2)cc1. The van der Waals surface area contributed by atoms with Crippen LogP contribution in [0, 0.1) is 0 Å². The summed E-state index contributed by atoms with van der Waals surface area (Å²) in [5.74, 6) is 2.14. The van der Waals surface area contributed by atoms with Gasteiger partial charge in [0.05, 0.1) is 12.8 Å². The highest BCUT2D eigenvalue weighted by Gasteiger charge is 2.12. The van der Waals surface area contributed by atoms with Gasteiger partial charge in [-0.2, -0.15) is 4.98 Å². The van der Waals surface area contributed by atoms with Gasteiger partial charge in [0, 0.05) is 48.2 Å². The van der Waals surface area contributed by atoms with Crippen LogP contribution in [0.25, 0.3) is 28.4 Å². The number of nitrogens with zero attached hydrogens (tertiary/aromatic N) is 5. The molecule has 1 amide bonds. The van der Waals surface area contributed by atoms with E-state index in [2.05, 4.69) is 25.4 Å².